The molecule has 2 fully saturated rings. The van der Waals surface area contributed by atoms with Gasteiger partial charge in [-0.1, -0.05) is 246 Å². The third kappa shape index (κ3) is 12.4. The zero-order valence-corrected chi connectivity index (χ0v) is 65.3. The van der Waals surface area contributed by atoms with Crippen molar-refractivity contribution in [1.82, 2.24) is 70.7 Å². The molecule has 12 aromatic rings. The van der Waals surface area contributed by atoms with Crippen LogP contribution in [0.2, 0.25) is 0 Å². The van der Waals surface area contributed by atoms with Crippen LogP contribution in [0.1, 0.15) is 256 Å². The Balaban J connectivity index is 0.000000132. The molecule has 2 saturated carbocycles. The first-order chi connectivity index (χ1) is 45.4. The summed E-state index contributed by atoms with van der Waals surface area (Å²) < 4.78 is 0. The SMILES string of the molecule is CC(C)c1cccc2cnc(-c3[n-]nc4c3C3CCC4(C)C3(C)C)cc12.CC(C)c1cccc2cnc(-c3[n-]nc4c3C3CCC4(C)C3(C)C)cc12.CC(C)c1cccc2cnc(-c3cc(C(C)(C)C)n[n-]3)nc12.CC(C)c1cccc2cnc(-c3cc(C(C)(C)C)n[n-]3)nc12.[Pt+2].[Pt+2]. The fourth-order valence-electron chi connectivity index (χ4n) is 15.9. The Morgan fingerprint density at radius 1 is 0.408 bits per heavy atom. The van der Waals surface area contributed by atoms with Crippen LogP contribution >= 0.6 is 0 Å². The summed E-state index contributed by atoms with van der Waals surface area (Å²) in [6.45, 7) is 44.8. The summed E-state index contributed by atoms with van der Waals surface area (Å²) in [7, 11) is 0. The maximum Gasteiger partial charge on any atom is 2.00 e. The van der Waals surface area contributed by atoms with Crippen LogP contribution in [0.25, 0.3) is 89.2 Å². The summed E-state index contributed by atoms with van der Waals surface area (Å²) >= 11 is 0. The number of nitrogens with zero attached hydrogens (tertiary/aromatic N) is 14. The topological polar surface area (TPSA) is 185 Å². The number of hydrogen-bond acceptors (Lipinski definition) is 10. The van der Waals surface area contributed by atoms with Gasteiger partial charge in [-0.15, -0.1) is 0 Å². The van der Waals surface area contributed by atoms with Crippen LogP contribution in [0.5, 0.6) is 0 Å². The Morgan fingerprint density at radius 2 is 0.745 bits per heavy atom. The standard InChI is InChI=1S/2C23H26N3.2C18H21N4.2Pt/c2*1-13(2)15-8-6-7-14-12-24-18(11-16(14)15)20-19-17-9-10-23(5,22(17,3)4)21(19)26-25-20;2*1-11(2)13-8-6-7-12-10-19-17(20-16(12)13)14-9-15(22-21-14)18(3,4)5;;/h2*6-8,11-13,17H,9-10H2,1-5H3;2*6-11H,1-5H3;;/q4*-1;2*+2. The number of pyridine rings is 2. The van der Waals surface area contributed by atoms with Gasteiger partial charge in [0.15, 0.2) is 0 Å². The molecule has 4 atom stereocenters. The molecule has 0 saturated heterocycles. The normalized spacial score (nSPS) is 19.3. The van der Waals surface area contributed by atoms with E-state index < -0.39 is 0 Å². The minimum absolute atomic E-state index is 0. The number of benzene rings is 4. The van der Waals surface area contributed by atoms with E-state index in [0.29, 0.717) is 47.2 Å². The molecule has 4 bridgehead atoms. The van der Waals surface area contributed by atoms with Gasteiger partial charge >= 0.3 is 42.1 Å². The number of para-hydroxylation sites is 2. The van der Waals surface area contributed by atoms with Crippen LogP contribution in [0, 0.1) is 10.8 Å². The predicted molar refractivity (Wildman–Crippen MR) is 389 cm³/mol. The van der Waals surface area contributed by atoms with Crippen molar-refractivity contribution < 1.29 is 42.1 Å². The smallest absolute Gasteiger partial charge is 0.573 e. The van der Waals surface area contributed by atoms with Crippen molar-refractivity contribution in [2.75, 3.05) is 0 Å². The first-order valence-electron chi connectivity index (χ1n) is 34.8. The molecule has 0 radical (unpaired) electrons. The molecular formula is C82H94N14Pt2. The minimum Gasteiger partial charge on any atom is -0.573 e. The number of hydrogen-bond donors (Lipinski definition) is 0. The van der Waals surface area contributed by atoms with E-state index in [4.69, 9.17) is 19.9 Å². The zero-order valence-electron chi connectivity index (χ0n) is 60.7. The molecule has 0 aliphatic heterocycles. The zero-order chi connectivity index (χ0) is 68.3. The van der Waals surface area contributed by atoms with E-state index in [1.165, 1.54) is 92.0 Å². The van der Waals surface area contributed by atoms with Crippen LogP contribution in [0.15, 0.2) is 122 Å². The van der Waals surface area contributed by atoms with E-state index in [0.717, 1.165) is 67.4 Å². The van der Waals surface area contributed by atoms with Crippen molar-refractivity contribution in [3.05, 3.63) is 178 Å². The Morgan fingerprint density at radius 3 is 1.08 bits per heavy atom. The second kappa shape index (κ2) is 26.6. The fourth-order valence-corrected chi connectivity index (χ4v) is 15.9. The van der Waals surface area contributed by atoms with Crippen LogP contribution in [0.4, 0.5) is 0 Å². The molecule has 8 heterocycles. The molecule has 8 aromatic heterocycles. The Hall–Kier alpha value is -7.40. The maximum absolute atomic E-state index is 4.78. The monoisotopic (exact) mass is 1660 g/mol. The molecule has 16 rings (SSSR count). The van der Waals surface area contributed by atoms with Gasteiger partial charge in [0.05, 0.1) is 22.4 Å². The largest absolute Gasteiger partial charge is 2.00 e. The van der Waals surface area contributed by atoms with Crippen LogP contribution in [-0.4, -0.2) is 50.3 Å². The molecule has 0 spiro atoms. The van der Waals surface area contributed by atoms with Crippen molar-refractivity contribution in [1.29, 1.82) is 0 Å². The van der Waals surface area contributed by atoms with Gasteiger partial charge in [0.1, 0.15) is 11.6 Å². The molecular weight excluding hydrogens is 1570 g/mol. The predicted octanol–water partition coefficient (Wildman–Crippen LogP) is 19.2. The van der Waals surface area contributed by atoms with Crippen molar-refractivity contribution in [3.63, 3.8) is 0 Å². The number of fused-ring (bicyclic) bond motifs is 14. The van der Waals surface area contributed by atoms with E-state index in [1.807, 2.05) is 49.1 Å². The molecule has 4 aliphatic rings. The summed E-state index contributed by atoms with van der Waals surface area (Å²) in [6.07, 6.45) is 12.7. The van der Waals surface area contributed by atoms with E-state index >= 15 is 0 Å². The summed E-state index contributed by atoms with van der Waals surface area (Å²) in [4.78, 5) is 28.0. The first-order valence-corrected chi connectivity index (χ1v) is 34.8. The Bertz CT molecular complexity index is 4600. The molecule has 512 valence electrons. The molecule has 14 nitrogen and oxygen atoms in total. The van der Waals surface area contributed by atoms with Gasteiger partial charge in [-0.25, -0.2) is 19.9 Å². The van der Waals surface area contributed by atoms with Crippen LogP contribution in [0.3, 0.4) is 0 Å². The molecule has 0 amide bonds. The van der Waals surface area contributed by atoms with Gasteiger partial charge in [0, 0.05) is 90.8 Å². The molecule has 4 aromatic carbocycles. The second-order valence-electron chi connectivity index (χ2n) is 32.5. The van der Waals surface area contributed by atoms with Crippen LogP contribution in [-0.2, 0) is 63.8 Å². The molecule has 0 N–H and O–H groups in total. The van der Waals surface area contributed by atoms with E-state index in [-0.39, 0.29) is 74.6 Å². The summed E-state index contributed by atoms with van der Waals surface area (Å²) in [5.74, 6) is 4.19. The average Bonchev–Trinajstić information content (AvgIpc) is 1.53. The third-order valence-corrected chi connectivity index (χ3v) is 22.6. The fraction of sp³-hybridized carbons (Fsp3) is 0.439. The van der Waals surface area contributed by atoms with Crippen molar-refractivity contribution in [2.45, 2.75) is 221 Å². The molecule has 4 aliphatic carbocycles. The van der Waals surface area contributed by atoms with E-state index in [2.05, 4.69) is 262 Å². The molecule has 4 unspecified atom stereocenters. The van der Waals surface area contributed by atoms with Gasteiger partial charge in [-0.2, -0.15) is 0 Å². The number of rotatable bonds is 8. The molecule has 98 heavy (non-hydrogen) atoms. The minimum atomic E-state index is -0.0226. The van der Waals surface area contributed by atoms with Gasteiger partial charge in [-0.3, -0.25) is 9.97 Å². The average molecular weight is 1670 g/mol. The quantitative estimate of drug-likeness (QED) is 0.140. The Labute approximate surface area is 607 Å². The van der Waals surface area contributed by atoms with Crippen LogP contribution < -0.4 is 20.4 Å². The summed E-state index contributed by atoms with van der Waals surface area (Å²) in [5.41, 5.74) is 20.6. The summed E-state index contributed by atoms with van der Waals surface area (Å²) in [5, 5.41) is 42.8. The molecule has 16 heteroatoms. The maximum atomic E-state index is 4.78. The third-order valence-electron chi connectivity index (χ3n) is 22.6. The summed E-state index contributed by atoms with van der Waals surface area (Å²) in [6, 6.07) is 33.9. The Kier molecular flexibility index (Phi) is 19.5. The number of aromatic nitrogens is 14. The second-order valence-corrected chi connectivity index (χ2v) is 32.5. The van der Waals surface area contributed by atoms with Crippen molar-refractivity contribution in [3.8, 4) is 45.8 Å². The van der Waals surface area contributed by atoms with Crippen molar-refractivity contribution >= 4 is 43.4 Å². The van der Waals surface area contributed by atoms with Crippen molar-refractivity contribution in [2.24, 2.45) is 10.8 Å². The van der Waals surface area contributed by atoms with Gasteiger partial charge in [0.2, 0.25) is 0 Å². The first kappa shape index (κ1) is 71.9. The van der Waals surface area contributed by atoms with E-state index in [1.54, 1.807) is 0 Å². The van der Waals surface area contributed by atoms with Gasteiger partial charge < -0.3 is 40.8 Å². The van der Waals surface area contributed by atoms with Gasteiger partial charge in [0.25, 0.3) is 0 Å². The van der Waals surface area contributed by atoms with Gasteiger partial charge in [-0.05, 0) is 128 Å². The van der Waals surface area contributed by atoms with E-state index in [9.17, 15) is 0 Å².